The van der Waals surface area contributed by atoms with Gasteiger partial charge in [-0.05, 0) is 29.9 Å². The van der Waals surface area contributed by atoms with E-state index in [-0.39, 0.29) is 23.6 Å². The number of aromatic amines is 1. The lowest BCUT2D eigenvalue weighted by atomic mass is 9.97. The van der Waals surface area contributed by atoms with Crippen LogP contribution < -0.4 is 15.4 Å². The molecule has 0 radical (unpaired) electrons. The zero-order valence-corrected chi connectivity index (χ0v) is 22.6. The molecule has 2 aromatic rings. The third-order valence-corrected chi connectivity index (χ3v) is 6.61. The minimum Gasteiger partial charge on any atom is -0.443 e. The van der Waals surface area contributed by atoms with Crippen LogP contribution in [0.25, 0.3) is 0 Å². The topological polar surface area (TPSA) is 186 Å². The number of aliphatic hydroxyl groups is 4. The van der Waals surface area contributed by atoms with Crippen LogP contribution in [0.4, 0.5) is 0 Å². The number of nitrogens with one attached hydrogen (secondary N) is 3. The molecule has 12 heteroatoms. The number of aliphatic hydroxyl groups excluding tert-OH is 4. The standard InChI is InChI=1S/C27H40N4O8/c1-15(2)22-19(26(31-30-22)39-27-25(37)24(36)23(35)20(14-32)38-27)13-18-9-7-17(8-10-18)5-4-6-21(34)29-12-11-28-16(3)33/h7-10,15,20,23-25,27,32,35-37H,4-6,11-14H2,1-3H3,(H,28,33)(H,29,34)(H,30,31)/t20-,23-,24+,25-,27+/m1/s1. The number of aryl methyl sites for hydroxylation is 1. The summed E-state index contributed by atoms with van der Waals surface area (Å²) in [5.74, 6) is 0.128. The van der Waals surface area contributed by atoms with Gasteiger partial charge in [0.25, 0.3) is 0 Å². The summed E-state index contributed by atoms with van der Waals surface area (Å²) in [7, 11) is 0. The van der Waals surface area contributed by atoms with E-state index in [0.29, 0.717) is 32.4 Å². The van der Waals surface area contributed by atoms with Gasteiger partial charge in [0.15, 0.2) is 0 Å². The summed E-state index contributed by atoms with van der Waals surface area (Å²) in [5.41, 5.74) is 3.71. The molecule has 2 heterocycles. The van der Waals surface area contributed by atoms with E-state index in [1.54, 1.807) is 0 Å². The maximum absolute atomic E-state index is 12.0. The van der Waals surface area contributed by atoms with Gasteiger partial charge in [-0.3, -0.25) is 14.7 Å². The fourth-order valence-electron chi connectivity index (χ4n) is 4.39. The molecule has 7 N–H and O–H groups in total. The molecule has 0 aliphatic carbocycles. The molecule has 1 aromatic heterocycles. The molecule has 1 aliphatic rings. The molecule has 5 atom stereocenters. The van der Waals surface area contributed by atoms with Gasteiger partial charge in [-0.2, -0.15) is 0 Å². The van der Waals surface area contributed by atoms with Crippen LogP contribution in [0.1, 0.15) is 61.9 Å². The van der Waals surface area contributed by atoms with Crippen LogP contribution in [0, 0.1) is 0 Å². The largest absolute Gasteiger partial charge is 0.443 e. The normalized spacial score (nSPS) is 23.0. The van der Waals surface area contributed by atoms with Gasteiger partial charge in [0.05, 0.1) is 6.61 Å². The smallest absolute Gasteiger partial charge is 0.238 e. The molecule has 1 saturated heterocycles. The molecule has 0 saturated carbocycles. The second-order valence-corrected chi connectivity index (χ2v) is 10.1. The molecule has 0 bridgehead atoms. The Balaban J connectivity index is 1.59. The molecule has 1 aromatic carbocycles. The molecule has 12 nitrogen and oxygen atoms in total. The van der Waals surface area contributed by atoms with E-state index >= 15 is 0 Å². The first-order chi connectivity index (χ1) is 18.6. The van der Waals surface area contributed by atoms with Crippen molar-refractivity contribution in [2.75, 3.05) is 19.7 Å². The van der Waals surface area contributed by atoms with Crippen molar-refractivity contribution in [1.82, 2.24) is 20.8 Å². The molecule has 1 aliphatic heterocycles. The predicted molar refractivity (Wildman–Crippen MR) is 141 cm³/mol. The van der Waals surface area contributed by atoms with Gasteiger partial charge in [-0.1, -0.05) is 38.1 Å². The highest BCUT2D eigenvalue weighted by Crippen LogP contribution is 2.31. The molecular formula is C27H40N4O8. The summed E-state index contributed by atoms with van der Waals surface area (Å²) in [6.45, 7) is 5.71. The molecule has 1 fully saturated rings. The number of amides is 2. The van der Waals surface area contributed by atoms with Crippen molar-refractivity contribution in [1.29, 1.82) is 0 Å². The molecule has 0 spiro atoms. The van der Waals surface area contributed by atoms with Gasteiger partial charge in [0.1, 0.15) is 24.4 Å². The lowest BCUT2D eigenvalue weighted by molar-refractivity contribution is -0.278. The Labute approximate surface area is 227 Å². The fraction of sp³-hybridized carbons (Fsp3) is 0.593. The Hall–Kier alpha value is -3.03. The third-order valence-electron chi connectivity index (χ3n) is 6.61. The number of benzene rings is 1. The average Bonchev–Trinajstić information content (AvgIpc) is 3.30. The maximum Gasteiger partial charge on any atom is 0.238 e. The SMILES string of the molecule is CC(=O)NCCNC(=O)CCCc1ccc(Cc2c(O[C@@H]3O[C@H](CO)[C@@H](O)[C@H](O)[C@H]3O)n[nH]c2C(C)C)cc1. The number of nitrogens with zero attached hydrogens (tertiary/aromatic N) is 1. The number of rotatable bonds is 13. The number of hydrogen-bond acceptors (Lipinski definition) is 9. The number of carbonyl (C=O) groups excluding carboxylic acids is 2. The van der Waals surface area contributed by atoms with Crippen molar-refractivity contribution < 1.29 is 39.5 Å². The Morgan fingerprint density at radius 3 is 2.36 bits per heavy atom. The molecule has 3 rings (SSSR count). The van der Waals surface area contributed by atoms with Gasteiger partial charge >= 0.3 is 0 Å². The first kappa shape index (κ1) is 30.5. The molecular weight excluding hydrogens is 508 g/mol. The maximum atomic E-state index is 12.0. The van der Waals surface area contributed by atoms with Crippen molar-refractivity contribution in [3.63, 3.8) is 0 Å². The monoisotopic (exact) mass is 548 g/mol. The summed E-state index contributed by atoms with van der Waals surface area (Å²) in [6, 6.07) is 8.02. The number of aromatic nitrogens is 2. The van der Waals surface area contributed by atoms with Crippen molar-refractivity contribution in [3.05, 3.63) is 46.6 Å². The third kappa shape index (κ3) is 8.48. The highest BCUT2D eigenvalue weighted by molar-refractivity contribution is 5.76. The first-order valence-corrected chi connectivity index (χ1v) is 13.2. The van der Waals surface area contributed by atoms with E-state index in [2.05, 4.69) is 20.8 Å². The van der Waals surface area contributed by atoms with Gasteiger partial charge < -0.3 is 40.5 Å². The van der Waals surface area contributed by atoms with E-state index in [4.69, 9.17) is 9.47 Å². The molecule has 0 unspecified atom stereocenters. The predicted octanol–water partition coefficient (Wildman–Crippen LogP) is -0.122. The number of H-pyrrole nitrogens is 1. The second-order valence-electron chi connectivity index (χ2n) is 10.1. The lowest BCUT2D eigenvalue weighted by Gasteiger charge is -2.39. The van der Waals surface area contributed by atoms with E-state index in [1.807, 2.05) is 38.1 Å². The van der Waals surface area contributed by atoms with E-state index < -0.39 is 37.3 Å². The summed E-state index contributed by atoms with van der Waals surface area (Å²) in [4.78, 5) is 22.8. The lowest BCUT2D eigenvalue weighted by Crippen LogP contribution is -2.60. The van der Waals surface area contributed by atoms with Crippen LogP contribution in [0.15, 0.2) is 24.3 Å². The summed E-state index contributed by atoms with van der Waals surface area (Å²) in [6.07, 6.45) is -4.65. The van der Waals surface area contributed by atoms with Gasteiger partial charge in [0, 0.05) is 44.1 Å². The Kier molecular flexibility index (Phi) is 11.3. The minimum atomic E-state index is -1.55. The molecule has 39 heavy (non-hydrogen) atoms. The van der Waals surface area contributed by atoms with Crippen LogP contribution in [0.5, 0.6) is 5.88 Å². The van der Waals surface area contributed by atoms with Crippen molar-refractivity contribution in [3.8, 4) is 5.88 Å². The second kappa shape index (κ2) is 14.4. The average molecular weight is 549 g/mol. The highest BCUT2D eigenvalue weighted by Gasteiger charge is 2.45. The number of hydrogen-bond donors (Lipinski definition) is 7. The van der Waals surface area contributed by atoms with Crippen LogP contribution in [-0.4, -0.2) is 92.8 Å². The van der Waals surface area contributed by atoms with Gasteiger partial charge in [0.2, 0.25) is 24.0 Å². The van der Waals surface area contributed by atoms with Crippen molar-refractivity contribution in [2.45, 2.75) is 83.1 Å². The van der Waals surface area contributed by atoms with Crippen molar-refractivity contribution in [2.24, 2.45) is 0 Å². The van der Waals surface area contributed by atoms with E-state index in [0.717, 1.165) is 28.8 Å². The van der Waals surface area contributed by atoms with Gasteiger partial charge in [-0.15, -0.1) is 5.10 Å². The number of ether oxygens (including phenoxy) is 2. The summed E-state index contributed by atoms with van der Waals surface area (Å²) >= 11 is 0. The quantitative estimate of drug-likeness (QED) is 0.168. The fourth-order valence-corrected chi connectivity index (χ4v) is 4.39. The van der Waals surface area contributed by atoms with E-state index in [1.165, 1.54) is 6.92 Å². The van der Waals surface area contributed by atoms with Crippen LogP contribution in [0.3, 0.4) is 0 Å². The van der Waals surface area contributed by atoms with Crippen LogP contribution >= 0.6 is 0 Å². The Morgan fingerprint density at radius 1 is 1.05 bits per heavy atom. The van der Waals surface area contributed by atoms with Crippen LogP contribution in [0.2, 0.25) is 0 Å². The highest BCUT2D eigenvalue weighted by atomic mass is 16.7. The minimum absolute atomic E-state index is 0.0509. The number of carbonyl (C=O) groups is 2. The summed E-state index contributed by atoms with van der Waals surface area (Å²) < 4.78 is 11.3. The van der Waals surface area contributed by atoms with Crippen molar-refractivity contribution >= 4 is 11.8 Å². The first-order valence-electron chi connectivity index (χ1n) is 13.2. The molecule has 2 amide bonds. The van der Waals surface area contributed by atoms with E-state index in [9.17, 15) is 30.0 Å². The summed E-state index contributed by atoms with van der Waals surface area (Å²) in [5, 5.41) is 52.6. The Morgan fingerprint density at radius 2 is 1.72 bits per heavy atom. The Bertz CT molecular complexity index is 1070. The zero-order chi connectivity index (χ0) is 28.5. The van der Waals surface area contributed by atoms with Gasteiger partial charge in [-0.25, -0.2) is 0 Å². The van der Waals surface area contributed by atoms with Crippen LogP contribution in [-0.2, 0) is 27.2 Å². The molecule has 216 valence electrons. The zero-order valence-electron chi connectivity index (χ0n) is 22.6.